The molecule has 90 valence electrons. The van der Waals surface area contributed by atoms with Crippen molar-refractivity contribution in [1.29, 1.82) is 0 Å². The van der Waals surface area contributed by atoms with Crippen LogP contribution in [0, 0.1) is 0 Å². The second-order valence-electron chi connectivity index (χ2n) is 3.79. The van der Waals surface area contributed by atoms with Crippen LogP contribution in [0.3, 0.4) is 0 Å². The largest absolute Gasteiger partial charge is 0.382 e. The summed E-state index contributed by atoms with van der Waals surface area (Å²) in [6, 6.07) is 10.1. The molecule has 0 spiro atoms. The molecule has 1 aromatic carbocycles. The molecule has 5 heteroatoms. The summed E-state index contributed by atoms with van der Waals surface area (Å²) in [6.07, 6.45) is 0.663. The second kappa shape index (κ2) is 5.56. The van der Waals surface area contributed by atoms with E-state index in [-0.39, 0.29) is 12.4 Å². The van der Waals surface area contributed by atoms with Gasteiger partial charge in [0.05, 0.1) is 0 Å². The van der Waals surface area contributed by atoms with Gasteiger partial charge in [0.25, 0.3) is 5.89 Å². The van der Waals surface area contributed by atoms with Crippen molar-refractivity contribution in [2.75, 3.05) is 6.54 Å². The topological polar surface area (TPSA) is 85.2 Å². The minimum Gasteiger partial charge on any atom is -0.382 e. The zero-order valence-corrected chi connectivity index (χ0v) is 9.41. The lowest BCUT2D eigenvalue weighted by Crippen LogP contribution is -2.11. The monoisotopic (exact) mass is 233 g/mol. The van der Waals surface area contributed by atoms with Gasteiger partial charge in [-0.1, -0.05) is 35.5 Å². The molecule has 0 saturated heterocycles. The maximum absolute atomic E-state index is 9.41. The Kier molecular flexibility index (Phi) is 3.85. The molecule has 0 amide bonds. The molecule has 2 aromatic rings. The number of aliphatic hydroxyl groups excluding tert-OH is 1. The van der Waals surface area contributed by atoms with E-state index < -0.39 is 6.10 Å². The van der Waals surface area contributed by atoms with E-state index in [0.29, 0.717) is 12.2 Å². The Bertz CT molecular complexity index is 456. The van der Waals surface area contributed by atoms with Crippen molar-refractivity contribution in [3.05, 3.63) is 47.6 Å². The van der Waals surface area contributed by atoms with Crippen LogP contribution >= 0.6 is 0 Å². The van der Waals surface area contributed by atoms with Crippen molar-refractivity contribution in [2.45, 2.75) is 18.9 Å². The Morgan fingerprint density at radius 2 is 2.00 bits per heavy atom. The third kappa shape index (κ3) is 3.12. The summed E-state index contributed by atoms with van der Waals surface area (Å²) in [5.41, 5.74) is 6.52. The van der Waals surface area contributed by atoms with Gasteiger partial charge in [-0.05, 0) is 12.0 Å². The highest BCUT2D eigenvalue weighted by atomic mass is 16.5. The Balaban J connectivity index is 1.94. The lowest BCUT2D eigenvalue weighted by atomic mass is 10.1. The van der Waals surface area contributed by atoms with Gasteiger partial charge in [0.1, 0.15) is 6.10 Å². The van der Waals surface area contributed by atoms with E-state index >= 15 is 0 Å². The molecule has 0 aliphatic rings. The third-order valence-corrected chi connectivity index (χ3v) is 2.47. The summed E-state index contributed by atoms with van der Waals surface area (Å²) in [5, 5.41) is 13.2. The van der Waals surface area contributed by atoms with Gasteiger partial charge in [-0.15, -0.1) is 0 Å². The van der Waals surface area contributed by atoms with Gasteiger partial charge in [0.2, 0.25) is 0 Å². The smallest absolute Gasteiger partial charge is 0.256 e. The molecule has 0 bridgehead atoms. The second-order valence-corrected chi connectivity index (χ2v) is 3.79. The summed E-state index contributed by atoms with van der Waals surface area (Å²) < 4.78 is 4.91. The van der Waals surface area contributed by atoms with Gasteiger partial charge in [-0.25, -0.2) is 0 Å². The first kappa shape index (κ1) is 11.8. The number of benzene rings is 1. The molecule has 5 nitrogen and oxygen atoms in total. The van der Waals surface area contributed by atoms with E-state index in [2.05, 4.69) is 22.3 Å². The van der Waals surface area contributed by atoms with Crippen molar-refractivity contribution >= 4 is 0 Å². The molecular formula is C12H15N3O2. The maximum atomic E-state index is 9.41. The maximum Gasteiger partial charge on any atom is 0.256 e. The van der Waals surface area contributed by atoms with Crippen molar-refractivity contribution in [3.8, 4) is 0 Å². The van der Waals surface area contributed by atoms with Crippen molar-refractivity contribution in [2.24, 2.45) is 5.73 Å². The Labute approximate surface area is 99.3 Å². The highest BCUT2D eigenvalue weighted by Crippen LogP contribution is 2.10. The van der Waals surface area contributed by atoms with E-state index in [1.54, 1.807) is 0 Å². The average Bonchev–Trinajstić information content (AvgIpc) is 2.85. The summed E-state index contributed by atoms with van der Waals surface area (Å²) >= 11 is 0. The third-order valence-electron chi connectivity index (χ3n) is 2.47. The molecule has 0 unspecified atom stereocenters. The Morgan fingerprint density at radius 3 is 2.71 bits per heavy atom. The Morgan fingerprint density at radius 1 is 1.24 bits per heavy atom. The van der Waals surface area contributed by atoms with Gasteiger partial charge in [-0.3, -0.25) is 0 Å². The fraction of sp³-hybridized carbons (Fsp3) is 0.333. The number of hydrogen-bond donors (Lipinski definition) is 2. The van der Waals surface area contributed by atoms with Crippen LogP contribution in [-0.2, 0) is 12.8 Å². The Hall–Kier alpha value is -1.72. The number of nitrogens with two attached hydrogens (primary N) is 1. The predicted octanol–water partition coefficient (Wildman–Crippen LogP) is 0.847. The lowest BCUT2D eigenvalue weighted by Gasteiger charge is -1.98. The van der Waals surface area contributed by atoms with Crippen LogP contribution in [-0.4, -0.2) is 21.8 Å². The molecule has 17 heavy (non-hydrogen) atoms. The first-order valence-electron chi connectivity index (χ1n) is 5.54. The van der Waals surface area contributed by atoms with Crippen molar-refractivity contribution in [3.63, 3.8) is 0 Å². The SMILES string of the molecule is NC[C@H](O)c1nc(CCc2ccccc2)no1. The number of aromatic nitrogens is 2. The first-order chi connectivity index (χ1) is 8.29. The molecule has 0 saturated carbocycles. The molecule has 1 aromatic heterocycles. The number of hydrogen-bond acceptors (Lipinski definition) is 5. The molecule has 1 atom stereocenters. The fourth-order valence-electron chi connectivity index (χ4n) is 1.51. The van der Waals surface area contributed by atoms with E-state index in [9.17, 15) is 5.11 Å². The predicted molar refractivity (Wildman–Crippen MR) is 62.2 cm³/mol. The molecule has 0 aliphatic heterocycles. The molecule has 0 aliphatic carbocycles. The molecule has 2 rings (SSSR count). The minimum absolute atomic E-state index is 0.0836. The van der Waals surface area contributed by atoms with Crippen LogP contribution in [0.4, 0.5) is 0 Å². The molecule has 0 radical (unpaired) electrons. The summed E-state index contributed by atoms with van der Waals surface area (Å²) in [4.78, 5) is 4.09. The minimum atomic E-state index is -0.868. The van der Waals surface area contributed by atoms with Crippen LogP contribution in [0.25, 0.3) is 0 Å². The van der Waals surface area contributed by atoms with E-state index in [0.717, 1.165) is 6.42 Å². The molecule has 0 fully saturated rings. The summed E-state index contributed by atoms with van der Waals surface area (Å²) in [7, 11) is 0. The quantitative estimate of drug-likeness (QED) is 0.799. The van der Waals surface area contributed by atoms with Gasteiger partial charge in [0, 0.05) is 13.0 Å². The fourth-order valence-corrected chi connectivity index (χ4v) is 1.51. The van der Waals surface area contributed by atoms with Gasteiger partial charge in [0.15, 0.2) is 5.82 Å². The van der Waals surface area contributed by atoms with Gasteiger partial charge in [-0.2, -0.15) is 4.98 Å². The summed E-state index contributed by atoms with van der Waals surface area (Å²) in [5.74, 6) is 0.784. The van der Waals surface area contributed by atoms with Crippen LogP contribution in [0.2, 0.25) is 0 Å². The van der Waals surface area contributed by atoms with Gasteiger partial charge >= 0.3 is 0 Å². The van der Waals surface area contributed by atoms with E-state index in [1.165, 1.54) is 5.56 Å². The van der Waals surface area contributed by atoms with Crippen LogP contribution in [0.5, 0.6) is 0 Å². The number of aryl methyl sites for hydroxylation is 2. The highest BCUT2D eigenvalue weighted by Gasteiger charge is 2.13. The zero-order valence-electron chi connectivity index (χ0n) is 9.41. The number of nitrogens with zero attached hydrogens (tertiary/aromatic N) is 2. The molecular weight excluding hydrogens is 218 g/mol. The van der Waals surface area contributed by atoms with E-state index in [4.69, 9.17) is 10.3 Å². The summed E-state index contributed by atoms with van der Waals surface area (Å²) in [6.45, 7) is 0.0836. The molecule has 3 N–H and O–H groups in total. The van der Waals surface area contributed by atoms with Crippen LogP contribution in [0.15, 0.2) is 34.9 Å². The van der Waals surface area contributed by atoms with Gasteiger partial charge < -0.3 is 15.4 Å². The molecule has 1 heterocycles. The van der Waals surface area contributed by atoms with Crippen LogP contribution in [0.1, 0.15) is 23.4 Å². The normalized spacial score (nSPS) is 12.6. The lowest BCUT2D eigenvalue weighted by molar-refractivity contribution is 0.141. The first-order valence-corrected chi connectivity index (χ1v) is 5.54. The zero-order chi connectivity index (χ0) is 12.1. The number of aliphatic hydroxyl groups is 1. The van der Waals surface area contributed by atoms with Crippen molar-refractivity contribution in [1.82, 2.24) is 10.1 Å². The number of rotatable bonds is 5. The van der Waals surface area contributed by atoms with E-state index in [1.807, 2.05) is 18.2 Å². The highest BCUT2D eigenvalue weighted by molar-refractivity contribution is 5.15. The van der Waals surface area contributed by atoms with Crippen LogP contribution < -0.4 is 5.73 Å². The average molecular weight is 233 g/mol. The van der Waals surface area contributed by atoms with Crippen molar-refractivity contribution < 1.29 is 9.63 Å². The standard InChI is InChI=1S/C12H15N3O2/c13-8-10(16)12-14-11(15-17-12)7-6-9-4-2-1-3-5-9/h1-5,10,16H,6-8,13H2/t10-/m0/s1.